The molecule has 0 bridgehead atoms. The molecule has 0 aliphatic heterocycles. The first-order valence-corrected chi connectivity index (χ1v) is 16.8. The highest BCUT2D eigenvalue weighted by Crippen LogP contribution is 2.14. The molecule has 0 aliphatic carbocycles. The Kier molecular flexibility index (Phi) is 39.7. The molecule has 38 heavy (non-hydrogen) atoms. The molecule has 0 saturated carbocycles. The molecule has 0 N–H and O–H groups in total. The third-order valence-corrected chi connectivity index (χ3v) is 7.25. The summed E-state index contributed by atoms with van der Waals surface area (Å²) in [7, 11) is 0. The molecular weight excluding hydrogens is 476 g/mol. The third-order valence-electron chi connectivity index (χ3n) is 7.25. The lowest BCUT2D eigenvalue weighted by atomic mass is 10.0. The third kappa shape index (κ3) is 45.1. The standard InChI is InChI=1S/C32H66O2.CH2O3/c1-3-5-7-9-11-13-15-17-19-21-23-25-27-29-31-33-34-32-30-28-26-24-22-20-18-16-14-12-10-8-6-4-2;2-1(3)4/h3-32H2,1-2H3;(H2,2,3,4)/p-2. The van der Waals surface area contributed by atoms with Crippen LogP contribution in [0.25, 0.3) is 0 Å². The molecule has 0 aromatic rings. The second-order valence-corrected chi connectivity index (χ2v) is 11.1. The van der Waals surface area contributed by atoms with Crippen molar-refractivity contribution in [1.29, 1.82) is 0 Å². The van der Waals surface area contributed by atoms with Gasteiger partial charge in [-0.05, 0) is 19.0 Å². The van der Waals surface area contributed by atoms with E-state index < -0.39 is 6.16 Å². The summed E-state index contributed by atoms with van der Waals surface area (Å²) in [4.78, 5) is 19.0. The Hall–Kier alpha value is -0.810. The summed E-state index contributed by atoms with van der Waals surface area (Å²) in [5, 5.41) is 16.7. The minimum absolute atomic E-state index is 0.774. The fourth-order valence-electron chi connectivity index (χ4n) is 4.83. The van der Waals surface area contributed by atoms with Crippen LogP contribution in [0.1, 0.15) is 194 Å². The average Bonchev–Trinajstić information content (AvgIpc) is 2.89. The molecule has 0 heterocycles. The van der Waals surface area contributed by atoms with E-state index in [0.29, 0.717) is 0 Å². The van der Waals surface area contributed by atoms with Crippen molar-refractivity contribution in [2.75, 3.05) is 13.2 Å². The van der Waals surface area contributed by atoms with Crippen LogP contribution >= 0.6 is 0 Å². The Labute approximate surface area is 237 Å². The first-order valence-electron chi connectivity index (χ1n) is 16.8. The maximum Gasteiger partial charge on any atom is 0.0822 e. The molecule has 230 valence electrons. The van der Waals surface area contributed by atoms with Gasteiger partial charge in [-0.25, -0.2) is 9.78 Å². The number of unbranched alkanes of at least 4 members (excludes halogenated alkanes) is 26. The summed E-state index contributed by atoms with van der Waals surface area (Å²) < 4.78 is 0. The minimum atomic E-state index is -2.33. The highest BCUT2D eigenvalue weighted by atomic mass is 17.2. The van der Waals surface area contributed by atoms with E-state index in [-0.39, 0.29) is 0 Å². The molecule has 0 radical (unpaired) electrons. The van der Waals surface area contributed by atoms with Gasteiger partial charge in [0.05, 0.1) is 13.2 Å². The first-order chi connectivity index (χ1) is 18.6. The molecular formula is C33H66O5-2. The van der Waals surface area contributed by atoms with Crippen molar-refractivity contribution >= 4 is 6.16 Å². The molecule has 5 heteroatoms. The van der Waals surface area contributed by atoms with Crippen molar-refractivity contribution in [2.45, 2.75) is 194 Å². The van der Waals surface area contributed by atoms with Crippen molar-refractivity contribution in [3.05, 3.63) is 0 Å². The van der Waals surface area contributed by atoms with Gasteiger partial charge in [0.2, 0.25) is 0 Å². The van der Waals surface area contributed by atoms with Crippen LogP contribution in [-0.2, 0) is 9.78 Å². The SMILES string of the molecule is CCCCCCCCCCCCCCCCOOCCCCCCCCCCCCCCCC.O=C([O-])[O-]. The largest absolute Gasteiger partial charge is 0.652 e. The highest BCUT2D eigenvalue weighted by molar-refractivity contribution is 5.47. The Morgan fingerprint density at radius 1 is 0.368 bits per heavy atom. The van der Waals surface area contributed by atoms with E-state index in [1.54, 1.807) is 0 Å². The van der Waals surface area contributed by atoms with Crippen molar-refractivity contribution < 1.29 is 24.8 Å². The van der Waals surface area contributed by atoms with E-state index in [1.807, 2.05) is 0 Å². The van der Waals surface area contributed by atoms with Gasteiger partial charge in [-0.2, -0.15) is 0 Å². The highest BCUT2D eigenvalue weighted by Gasteiger charge is 1.97. The summed E-state index contributed by atoms with van der Waals surface area (Å²) in [6, 6.07) is 0. The monoisotopic (exact) mass is 542 g/mol. The zero-order valence-corrected chi connectivity index (χ0v) is 25.8. The molecule has 5 nitrogen and oxygen atoms in total. The van der Waals surface area contributed by atoms with Crippen LogP contribution in [-0.4, -0.2) is 19.4 Å². The molecule has 0 spiro atoms. The van der Waals surface area contributed by atoms with Crippen molar-refractivity contribution in [3.63, 3.8) is 0 Å². The second-order valence-electron chi connectivity index (χ2n) is 11.1. The summed E-state index contributed by atoms with van der Waals surface area (Å²) in [5.41, 5.74) is 0. The summed E-state index contributed by atoms with van der Waals surface area (Å²) in [5.74, 6) is 0. The number of hydrogen-bond donors (Lipinski definition) is 0. The lowest BCUT2D eigenvalue weighted by Gasteiger charge is -2.05. The number of carboxylic acid groups (broad SMARTS) is 2. The number of carbonyl (C=O) groups is 1. The molecule has 0 aromatic carbocycles. The van der Waals surface area contributed by atoms with Gasteiger partial charge < -0.3 is 15.0 Å². The van der Waals surface area contributed by atoms with Crippen molar-refractivity contribution in [3.8, 4) is 0 Å². The van der Waals surface area contributed by atoms with Crippen molar-refractivity contribution in [2.24, 2.45) is 0 Å². The van der Waals surface area contributed by atoms with Gasteiger partial charge in [0, 0.05) is 0 Å². The molecule has 0 rings (SSSR count). The smallest absolute Gasteiger partial charge is 0.0822 e. The molecule has 0 aromatic heterocycles. The van der Waals surface area contributed by atoms with Crippen molar-refractivity contribution in [1.82, 2.24) is 0 Å². The van der Waals surface area contributed by atoms with Gasteiger partial charge in [0.1, 0.15) is 0 Å². The molecule has 0 fully saturated rings. The number of rotatable bonds is 31. The average molecular weight is 543 g/mol. The van der Waals surface area contributed by atoms with Gasteiger partial charge in [-0.15, -0.1) is 0 Å². The number of hydrogen-bond acceptors (Lipinski definition) is 5. The van der Waals surface area contributed by atoms with E-state index in [4.69, 9.17) is 24.8 Å². The topological polar surface area (TPSA) is 81.7 Å². The van der Waals surface area contributed by atoms with Crippen LogP contribution in [0, 0.1) is 0 Å². The van der Waals surface area contributed by atoms with Crippen LogP contribution in [0.15, 0.2) is 0 Å². The van der Waals surface area contributed by atoms with E-state index in [0.717, 1.165) is 26.1 Å². The lowest BCUT2D eigenvalue weighted by molar-refractivity contribution is -0.415. The van der Waals surface area contributed by atoms with Crippen LogP contribution in [0.3, 0.4) is 0 Å². The zero-order valence-electron chi connectivity index (χ0n) is 25.8. The Bertz CT molecular complexity index is 380. The van der Waals surface area contributed by atoms with Gasteiger partial charge in [0.15, 0.2) is 0 Å². The maximum atomic E-state index is 8.33. The predicted molar refractivity (Wildman–Crippen MR) is 158 cm³/mol. The van der Waals surface area contributed by atoms with Crippen LogP contribution in [0.4, 0.5) is 4.79 Å². The van der Waals surface area contributed by atoms with Gasteiger partial charge in [0.25, 0.3) is 0 Å². The Morgan fingerprint density at radius 2 is 0.526 bits per heavy atom. The van der Waals surface area contributed by atoms with E-state index in [2.05, 4.69) is 13.8 Å². The quantitative estimate of drug-likeness (QED) is 0.0495. The summed E-state index contributed by atoms with van der Waals surface area (Å²) in [6.45, 7) is 6.14. The van der Waals surface area contributed by atoms with Crippen LogP contribution in [0.5, 0.6) is 0 Å². The fourth-order valence-corrected chi connectivity index (χ4v) is 4.83. The zero-order chi connectivity index (χ0) is 28.2. The number of carbonyl (C=O) groups excluding carboxylic acids is 1. The molecule has 0 saturated heterocycles. The van der Waals surface area contributed by atoms with E-state index >= 15 is 0 Å². The molecule has 0 atom stereocenters. The normalized spacial score (nSPS) is 10.9. The maximum absolute atomic E-state index is 8.33. The van der Waals surface area contributed by atoms with Crippen LogP contribution < -0.4 is 10.2 Å². The summed E-state index contributed by atoms with van der Waals surface area (Å²) >= 11 is 0. The van der Waals surface area contributed by atoms with Gasteiger partial charge >= 0.3 is 0 Å². The second kappa shape index (κ2) is 38.3. The van der Waals surface area contributed by atoms with Gasteiger partial charge in [-0.3, -0.25) is 0 Å². The molecule has 0 unspecified atom stereocenters. The van der Waals surface area contributed by atoms with E-state index in [1.165, 1.54) is 167 Å². The molecule has 0 aliphatic rings. The van der Waals surface area contributed by atoms with E-state index in [9.17, 15) is 0 Å². The lowest BCUT2D eigenvalue weighted by Crippen LogP contribution is -2.37. The predicted octanol–water partition coefficient (Wildman–Crippen LogP) is 9.45. The fraction of sp³-hybridized carbons (Fsp3) is 0.970. The first kappa shape index (κ1) is 39.3. The Balaban J connectivity index is 0. The van der Waals surface area contributed by atoms with Crippen LogP contribution in [0.2, 0.25) is 0 Å². The Morgan fingerprint density at radius 3 is 0.711 bits per heavy atom. The van der Waals surface area contributed by atoms with Gasteiger partial charge in [-0.1, -0.05) is 181 Å². The minimum Gasteiger partial charge on any atom is -0.652 e. The summed E-state index contributed by atoms with van der Waals surface area (Å²) in [6.07, 6.45) is 36.8. The molecule has 0 amide bonds.